The molecule has 0 aliphatic carbocycles. The van der Waals surface area contributed by atoms with E-state index in [-0.39, 0.29) is 0 Å². The lowest BCUT2D eigenvalue weighted by Gasteiger charge is -2.29. The van der Waals surface area contributed by atoms with Gasteiger partial charge >= 0.3 is 6.09 Å². The second-order valence-electron chi connectivity index (χ2n) is 6.74. The van der Waals surface area contributed by atoms with Crippen molar-refractivity contribution >= 4 is 17.7 Å². The van der Waals surface area contributed by atoms with Crippen LogP contribution in [0.15, 0.2) is 24.3 Å². The summed E-state index contributed by atoms with van der Waals surface area (Å²) in [7, 11) is 0. The summed E-state index contributed by atoms with van der Waals surface area (Å²) in [6.07, 6.45) is -0.402. The topological polar surface area (TPSA) is 50.4 Å². The fraction of sp³-hybridized carbons (Fsp3) is 0.562. The Labute approximate surface area is 132 Å². The molecule has 0 spiro atoms. The second kappa shape index (κ2) is 7.14. The fourth-order valence-electron chi connectivity index (χ4n) is 1.75. The first-order valence-corrected chi connectivity index (χ1v) is 7.41. The molecule has 0 saturated heterocycles. The maximum atomic E-state index is 11.8. The maximum absolute atomic E-state index is 11.8. The van der Waals surface area contributed by atoms with Crippen LogP contribution in [0.2, 0.25) is 5.02 Å². The standard InChI is InChI=1S/C16H25ClN2O2/c1-15(2,3)21-14(20)19-16(4,5)11-18-10-12-6-8-13(17)9-7-12/h6-9,18H,10-11H2,1-5H3,(H,19,20). The summed E-state index contributed by atoms with van der Waals surface area (Å²) in [5.74, 6) is 0. The van der Waals surface area contributed by atoms with Crippen molar-refractivity contribution in [3.63, 3.8) is 0 Å². The van der Waals surface area contributed by atoms with Crippen molar-refractivity contribution in [2.45, 2.75) is 52.3 Å². The number of rotatable bonds is 5. The summed E-state index contributed by atoms with van der Waals surface area (Å²) in [6.45, 7) is 10.8. The molecule has 5 heteroatoms. The summed E-state index contributed by atoms with van der Waals surface area (Å²) < 4.78 is 5.26. The minimum absolute atomic E-state index is 0.394. The van der Waals surface area contributed by atoms with Crippen LogP contribution < -0.4 is 10.6 Å². The van der Waals surface area contributed by atoms with Gasteiger partial charge in [0, 0.05) is 18.1 Å². The Balaban J connectivity index is 2.38. The van der Waals surface area contributed by atoms with Gasteiger partial charge in [0.25, 0.3) is 0 Å². The van der Waals surface area contributed by atoms with Crippen molar-refractivity contribution < 1.29 is 9.53 Å². The first kappa shape index (κ1) is 17.8. The van der Waals surface area contributed by atoms with Gasteiger partial charge in [0.05, 0.1) is 5.54 Å². The lowest BCUT2D eigenvalue weighted by atomic mass is 10.1. The first-order chi connectivity index (χ1) is 9.57. The zero-order chi connectivity index (χ0) is 16.1. The number of amides is 1. The predicted octanol–water partition coefficient (Wildman–Crippen LogP) is 3.73. The van der Waals surface area contributed by atoms with Crippen LogP contribution in [0.4, 0.5) is 4.79 Å². The van der Waals surface area contributed by atoms with E-state index in [9.17, 15) is 4.79 Å². The van der Waals surface area contributed by atoms with Gasteiger partial charge in [-0.2, -0.15) is 0 Å². The summed E-state index contributed by atoms with van der Waals surface area (Å²) >= 11 is 5.85. The van der Waals surface area contributed by atoms with E-state index < -0.39 is 17.2 Å². The molecule has 2 N–H and O–H groups in total. The van der Waals surface area contributed by atoms with E-state index in [1.54, 1.807) is 0 Å². The molecule has 0 heterocycles. The van der Waals surface area contributed by atoms with Crippen molar-refractivity contribution in [3.05, 3.63) is 34.9 Å². The van der Waals surface area contributed by atoms with Gasteiger partial charge in [0.2, 0.25) is 0 Å². The number of benzene rings is 1. The Bertz CT molecular complexity index is 464. The van der Waals surface area contributed by atoms with Crippen molar-refractivity contribution in [1.29, 1.82) is 0 Å². The van der Waals surface area contributed by atoms with E-state index in [0.717, 1.165) is 17.1 Å². The van der Waals surface area contributed by atoms with Gasteiger partial charge in [-0.1, -0.05) is 23.7 Å². The fourth-order valence-corrected chi connectivity index (χ4v) is 1.87. The minimum atomic E-state index is -0.489. The number of halogens is 1. The highest BCUT2D eigenvalue weighted by atomic mass is 35.5. The molecule has 1 aromatic carbocycles. The number of nitrogens with one attached hydrogen (secondary N) is 2. The third-order valence-electron chi connectivity index (χ3n) is 2.65. The van der Waals surface area contributed by atoms with E-state index in [2.05, 4.69) is 10.6 Å². The molecule has 1 amide bonds. The Morgan fingerprint density at radius 3 is 2.24 bits per heavy atom. The van der Waals surface area contributed by atoms with Crippen LogP contribution in [0, 0.1) is 0 Å². The molecule has 0 atom stereocenters. The molecule has 1 rings (SSSR count). The Kier molecular flexibility index (Phi) is 6.05. The number of carbonyl (C=O) groups excluding carboxylic acids is 1. The van der Waals surface area contributed by atoms with E-state index in [4.69, 9.17) is 16.3 Å². The van der Waals surface area contributed by atoms with Gasteiger partial charge in [0.1, 0.15) is 5.60 Å². The van der Waals surface area contributed by atoms with Crippen molar-refractivity contribution in [1.82, 2.24) is 10.6 Å². The van der Waals surface area contributed by atoms with E-state index in [0.29, 0.717) is 6.54 Å². The molecule has 0 fully saturated rings. The molecule has 4 nitrogen and oxygen atoms in total. The number of hydrogen-bond acceptors (Lipinski definition) is 3. The summed E-state index contributed by atoms with van der Waals surface area (Å²) in [5, 5.41) is 6.91. The van der Waals surface area contributed by atoms with E-state index >= 15 is 0 Å². The third kappa shape index (κ3) is 7.93. The van der Waals surface area contributed by atoms with Crippen molar-refractivity contribution in [2.24, 2.45) is 0 Å². The van der Waals surface area contributed by atoms with Gasteiger partial charge in [-0.05, 0) is 52.3 Å². The molecule has 0 aromatic heterocycles. The smallest absolute Gasteiger partial charge is 0.408 e. The Morgan fingerprint density at radius 1 is 1.14 bits per heavy atom. The summed E-state index contributed by atoms with van der Waals surface area (Å²) in [6, 6.07) is 7.68. The minimum Gasteiger partial charge on any atom is -0.444 e. The highest BCUT2D eigenvalue weighted by molar-refractivity contribution is 6.30. The molecule has 1 aromatic rings. The predicted molar refractivity (Wildman–Crippen MR) is 86.6 cm³/mol. The number of carbonyl (C=O) groups is 1. The highest BCUT2D eigenvalue weighted by Gasteiger charge is 2.24. The van der Waals surface area contributed by atoms with Crippen LogP contribution in [0.25, 0.3) is 0 Å². The lowest BCUT2D eigenvalue weighted by molar-refractivity contribution is 0.0472. The quantitative estimate of drug-likeness (QED) is 0.871. The Morgan fingerprint density at radius 2 is 1.71 bits per heavy atom. The third-order valence-corrected chi connectivity index (χ3v) is 2.90. The van der Waals surface area contributed by atoms with Crippen molar-refractivity contribution in [2.75, 3.05) is 6.54 Å². The van der Waals surface area contributed by atoms with Gasteiger partial charge in [-0.3, -0.25) is 0 Å². The molecule has 0 aliphatic rings. The van der Waals surface area contributed by atoms with Crippen LogP contribution >= 0.6 is 11.6 Å². The molecule has 0 bridgehead atoms. The largest absolute Gasteiger partial charge is 0.444 e. The Hall–Kier alpha value is -1.26. The zero-order valence-electron chi connectivity index (χ0n) is 13.4. The number of alkyl carbamates (subject to hydrolysis) is 1. The molecule has 0 aliphatic heterocycles. The van der Waals surface area contributed by atoms with E-state index in [1.807, 2.05) is 58.9 Å². The molecular weight excluding hydrogens is 288 g/mol. The average Bonchev–Trinajstić information content (AvgIpc) is 2.28. The van der Waals surface area contributed by atoms with Gasteiger partial charge in [-0.15, -0.1) is 0 Å². The number of ether oxygens (including phenoxy) is 1. The van der Waals surface area contributed by atoms with E-state index in [1.165, 1.54) is 0 Å². The average molecular weight is 313 g/mol. The second-order valence-corrected chi connectivity index (χ2v) is 7.18. The molecule has 118 valence electrons. The van der Waals surface area contributed by atoms with Crippen LogP contribution in [0.3, 0.4) is 0 Å². The SMILES string of the molecule is CC(C)(CNCc1ccc(Cl)cc1)NC(=O)OC(C)(C)C. The normalized spacial score (nSPS) is 12.1. The molecular formula is C16H25ClN2O2. The highest BCUT2D eigenvalue weighted by Crippen LogP contribution is 2.11. The lowest BCUT2D eigenvalue weighted by Crippen LogP contribution is -2.51. The molecule has 0 saturated carbocycles. The summed E-state index contributed by atoms with van der Waals surface area (Å²) in [5.41, 5.74) is 0.263. The van der Waals surface area contributed by atoms with Crippen molar-refractivity contribution in [3.8, 4) is 0 Å². The van der Waals surface area contributed by atoms with Crippen LogP contribution in [-0.4, -0.2) is 23.8 Å². The molecule has 0 unspecified atom stereocenters. The van der Waals surface area contributed by atoms with Crippen LogP contribution in [0.5, 0.6) is 0 Å². The zero-order valence-corrected chi connectivity index (χ0v) is 14.2. The van der Waals surface area contributed by atoms with Gasteiger partial charge in [0.15, 0.2) is 0 Å². The van der Waals surface area contributed by atoms with Gasteiger partial charge in [-0.25, -0.2) is 4.79 Å². The van der Waals surface area contributed by atoms with Crippen LogP contribution in [0.1, 0.15) is 40.2 Å². The summed E-state index contributed by atoms with van der Waals surface area (Å²) in [4.78, 5) is 11.8. The number of hydrogen-bond donors (Lipinski definition) is 2. The molecule has 0 radical (unpaired) electrons. The first-order valence-electron chi connectivity index (χ1n) is 7.04. The van der Waals surface area contributed by atoms with Gasteiger partial charge < -0.3 is 15.4 Å². The molecule has 21 heavy (non-hydrogen) atoms. The maximum Gasteiger partial charge on any atom is 0.408 e. The monoisotopic (exact) mass is 312 g/mol. The van der Waals surface area contributed by atoms with Crippen LogP contribution in [-0.2, 0) is 11.3 Å².